The van der Waals surface area contributed by atoms with Crippen LogP contribution in [0.3, 0.4) is 0 Å². The first-order valence-corrected chi connectivity index (χ1v) is 30.8. The molecular weight excluding hydrogens is 1080 g/mol. The predicted octanol–water partition coefficient (Wildman–Crippen LogP) is 24.3. The van der Waals surface area contributed by atoms with Crippen LogP contribution < -0.4 is 9.80 Å². The van der Waals surface area contributed by atoms with Crippen LogP contribution in [-0.2, 0) is 0 Å². The molecule has 17 rings (SSSR count). The Morgan fingerprint density at radius 2 is 0.690 bits per heavy atom. The van der Waals surface area contributed by atoms with Crippen molar-refractivity contribution in [2.24, 2.45) is 0 Å². The Hall–Kier alpha value is -10.1. The summed E-state index contributed by atoms with van der Waals surface area (Å²) in [5.74, 6) is 0. The molecule has 0 fully saturated rings. The van der Waals surface area contributed by atoms with E-state index in [0.717, 1.165) is 83.9 Å². The van der Waals surface area contributed by atoms with Crippen molar-refractivity contribution in [3.05, 3.63) is 291 Å². The smallest absolute Gasteiger partial charge is 0.137 e. The minimum Gasteiger partial charge on any atom is -0.456 e. The zero-order valence-corrected chi connectivity index (χ0v) is 47.7. The van der Waals surface area contributed by atoms with E-state index in [1.54, 1.807) is 0 Å². The summed E-state index contributed by atoms with van der Waals surface area (Å²) in [6.07, 6.45) is 0. The van der Waals surface area contributed by atoms with Crippen LogP contribution in [0.15, 0.2) is 296 Å². The molecule has 394 valence electrons. The maximum atomic E-state index is 6.95. The van der Waals surface area contributed by atoms with Crippen LogP contribution in [0.25, 0.3) is 127 Å². The molecule has 0 saturated heterocycles. The first kappa shape index (κ1) is 48.6. The molecule has 0 N–H and O–H groups in total. The fourth-order valence-electron chi connectivity index (χ4n) is 12.7. The van der Waals surface area contributed by atoms with E-state index < -0.39 is 0 Å². The third-order valence-electron chi connectivity index (χ3n) is 16.7. The van der Waals surface area contributed by atoms with Gasteiger partial charge in [-0.15, -0.1) is 34.0 Å². The first-order chi connectivity index (χ1) is 41.6. The van der Waals surface area contributed by atoms with Gasteiger partial charge in [0.25, 0.3) is 0 Å². The number of para-hydroxylation sites is 1. The number of benzene rings is 13. The second-order valence-electron chi connectivity index (χ2n) is 21.6. The Bertz CT molecular complexity index is 5400. The van der Waals surface area contributed by atoms with Gasteiger partial charge in [0.15, 0.2) is 0 Å². The number of nitrogens with zero attached hydrogens (tertiary/aromatic N) is 2. The molecule has 0 aliphatic carbocycles. The number of hydrogen-bond acceptors (Lipinski definition) is 6. The summed E-state index contributed by atoms with van der Waals surface area (Å²) < 4.78 is 14.7. The largest absolute Gasteiger partial charge is 0.456 e. The van der Waals surface area contributed by atoms with E-state index in [1.165, 1.54) is 77.2 Å². The topological polar surface area (TPSA) is 19.6 Å². The molecular formula is C78H48N2OS3. The monoisotopic (exact) mass is 1120 g/mol. The minimum atomic E-state index is 0.837. The van der Waals surface area contributed by atoms with Gasteiger partial charge >= 0.3 is 0 Å². The molecule has 4 aromatic heterocycles. The maximum absolute atomic E-state index is 6.95. The lowest BCUT2D eigenvalue weighted by molar-refractivity contribution is 0.669. The quantitative estimate of drug-likeness (QED) is 0.136. The lowest BCUT2D eigenvalue weighted by atomic mass is 9.93. The summed E-state index contributed by atoms with van der Waals surface area (Å²) in [6, 6.07) is 107. The molecule has 0 unspecified atom stereocenters. The van der Waals surface area contributed by atoms with Gasteiger partial charge in [0, 0.05) is 94.2 Å². The van der Waals surface area contributed by atoms with E-state index in [9.17, 15) is 0 Å². The molecule has 3 nitrogen and oxygen atoms in total. The number of furan rings is 1. The van der Waals surface area contributed by atoms with Gasteiger partial charge in [0.05, 0.1) is 16.8 Å². The molecule has 6 heteroatoms. The second kappa shape index (κ2) is 19.8. The number of rotatable bonds is 10. The number of thiophene rings is 3. The van der Waals surface area contributed by atoms with Crippen molar-refractivity contribution in [2.75, 3.05) is 9.80 Å². The summed E-state index contributed by atoms with van der Waals surface area (Å²) in [6.45, 7) is 0. The predicted molar refractivity (Wildman–Crippen MR) is 363 cm³/mol. The van der Waals surface area contributed by atoms with Crippen molar-refractivity contribution in [3.8, 4) is 44.5 Å². The van der Waals surface area contributed by atoms with E-state index in [0.29, 0.717) is 0 Å². The summed E-state index contributed by atoms with van der Waals surface area (Å²) in [4.78, 5) is 4.84. The highest BCUT2D eigenvalue weighted by Gasteiger charge is 2.24. The Morgan fingerprint density at radius 1 is 0.226 bits per heavy atom. The zero-order chi connectivity index (χ0) is 55.2. The maximum Gasteiger partial charge on any atom is 0.137 e. The molecule has 4 heterocycles. The summed E-state index contributed by atoms with van der Waals surface area (Å²) in [5, 5.41) is 9.84. The van der Waals surface area contributed by atoms with E-state index in [4.69, 9.17) is 4.42 Å². The minimum absolute atomic E-state index is 0.837. The standard InChI is InChI=1S/C78H48N2OS3/c1-3-15-49(16-4-1)51-17-13-18-55(43-51)65-44-53(54-31-38-64-71(46-54)81-70-25-14-24-69(78(64)70)80(56-19-5-2-6-20-56)58-37-42-76-67(47-58)62-23-9-12-28-74(62)83-76)32-40-68(65)79(59-36-39-63-60-21-7-10-26-72(60)84-77(63)48-59)57-34-29-50(30-35-57)52-33-41-75-66(45-52)61-22-8-11-27-73(61)82-75/h1-48H. The fraction of sp³-hybridized carbons (Fsp3) is 0. The van der Waals surface area contributed by atoms with Crippen LogP contribution in [0, 0.1) is 0 Å². The fourth-order valence-corrected chi connectivity index (χ4v) is 16.0. The Kier molecular flexibility index (Phi) is 11.5. The van der Waals surface area contributed by atoms with Gasteiger partial charge in [-0.1, -0.05) is 164 Å². The van der Waals surface area contributed by atoms with E-state index in [2.05, 4.69) is 301 Å². The van der Waals surface area contributed by atoms with Crippen molar-refractivity contribution in [3.63, 3.8) is 0 Å². The average Bonchev–Trinajstić information content (AvgIpc) is 2.52. The van der Waals surface area contributed by atoms with E-state index in [-0.39, 0.29) is 0 Å². The number of anilines is 6. The first-order valence-electron chi connectivity index (χ1n) is 28.4. The number of fused-ring (bicyclic) bond motifs is 12. The van der Waals surface area contributed by atoms with Crippen LogP contribution in [-0.4, -0.2) is 0 Å². The van der Waals surface area contributed by atoms with Gasteiger partial charge in [-0.2, -0.15) is 0 Å². The van der Waals surface area contributed by atoms with Crippen molar-refractivity contribution >= 4 is 151 Å². The normalized spacial score (nSPS) is 11.8. The molecule has 0 amide bonds. The molecule has 0 saturated carbocycles. The van der Waals surface area contributed by atoms with E-state index >= 15 is 0 Å². The third-order valence-corrected chi connectivity index (χ3v) is 20.1. The second-order valence-corrected chi connectivity index (χ2v) is 24.8. The van der Waals surface area contributed by atoms with Gasteiger partial charge in [-0.3, -0.25) is 0 Å². The van der Waals surface area contributed by atoms with Gasteiger partial charge in [0.1, 0.15) is 11.2 Å². The molecule has 0 radical (unpaired) electrons. The van der Waals surface area contributed by atoms with Gasteiger partial charge < -0.3 is 14.2 Å². The Morgan fingerprint density at radius 3 is 1.45 bits per heavy atom. The lowest BCUT2D eigenvalue weighted by Gasteiger charge is -2.29. The zero-order valence-electron chi connectivity index (χ0n) is 45.2. The number of hydrogen-bond donors (Lipinski definition) is 0. The Labute approximate surface area is 497 Å². The molecule has 17 aromatic rings. The van der Waals surface area contributed by atoms with Crippen molar-refractivity contribution in [2.45, 2.75) is 0 Å². The third kappa shape index (κ3) is 8.21. The molecule has 0 aliphatic rings. The van der Waals surface area contributed by atoms with Crippen LogP contribution in [0.2, 0.25) is 0 Å². The molecule has 84 heavy (non-hydrogen) atoms. The van der Waals surface area contributed by atoms with Crippen LogP contribution in [0.1, 0.15) is 0 Å². The van der Waals surface area contributed by atoms with Crippen molar-refractivity contribution < 1.29 is 4.42 Å². The SMILES string of the molecule is c1ccc(-c2cccc(-c3cc(-c4ccc5c(c4)oc4cccc(N(c6ccccc6)c6ccc7sc8ccccc8c7c6)c45)ccc3N(c3ccc(-c4ccc5sc6ccccc6c5c4)cc3)c3ccc4c(c3)sc3ccccc34)c2)cc1. The molecule has 13 aromatic carbocycles. The highest BCUT2D eigenvalue weighted by molar-refractivity contribution is 7.26. The van der Waals surface area contributed by atoms with E-state index in [1.807, 2.05) is 34.0 Å². The highest BCUT2D eigenvalue weighted by Crippen LogP contribution is 2.49. The van der Waals surface area contributed by atoms with Gasteiger partial charge in [0.2, 0.25) is 0 Å². The lowest BCUT2D eigenvalue weighted by Crippen LogP contribution is -2.11. The van der Waals surface area contributed by atoms with Crippen molar-refractivity contribution in [1.82, 2.24) is 0 Å². The molecule has 0 spiro atoms. The Balaban J connectivity index is 0.825. The molecule has 0 atom stereocenters. The van der Waals surface area contributed by atoms with Gasteiger partial charge in [-0.25, -0.2) is 0 Å². The molecule has 0 bridgehead atoms. The average molecular weight is 1130 g/mol. The van der Waals surface area contributed by atoms with Crippen LogP contribution in [0.4, 0.5) is 34.1 Å². The molecule has 0 aliphatic heterocycles. The summed E-state index contributed by atoms with van der Waals surface area (Å²) >= 11 is 5.55. The highest BCUT2D eigenvalue weighted by atomic mass is 32.1. The van der Waals surface area contributed by atoms with Crippen molar-refractivity contribution in [1.29, 1.82) is 0 Å². The summed E-state index contributed by atoms with van der Waals surface area (Å²) in [7, 11) is 0. The van der Waals surface area contributed by atoms with Crippen LogP contribution in [0.5, 0.6) is 0 Å². The van der Waals surface area contributed by atoms with Gasteiger partial charge in [-0.05, 0) is 166 Å². The summed E-state index contributed by atoms with van der Waals surface area (Å²) in [5.41, 5.74) is 17.3. The van der Waals surface area contributed by atoms with Crippen LogP contribution >= 0.6 is 34.0 Å².